The molecule has 0 fully saturated rings. The molecule has 0 saturated carbocycles. The first-order valence-corrected chi connectivity index (χ1v) is 11.0. The molecule has 0 spiro atoms. The van der Waals surface area contributed by atoms with E-state index >= 15 is 4.39 Å². The second-order valence-electron chi connectivity index (χ2n) is 7.54. The molecular formula is C24H32FN5O2. The Kier molecular flexibility index (Phi) is 8.44. The minimum Gasteiger partial charge on any atom is -0.488 e. The van der Waals surface area contributed by atoms with Gasteiger partial charge in [0.05, 0.1) is 12.8 Å². The molecule has 7 nitrogen and oxygen atoms in total. The average Bonchev–Trinajstić information content (AvgIpc) is 3.21. The van der Waals surface area contributed by atoms with E-state index in [2.05, 4.69) is 34.3 Å². The summed E-state index contributed by atoms with van der Waals surface area (Å²) in [5, 5.41) is 5.45. The molecule has 2 aromatic heterocycles. The first-order chi connectivity index (χ1) is 15.6. The van der Waals surface area contributed by atoms with E-state index in [-0.39, 0.29) is 18.2 Å². The maximum absolute atomic E-state index is 15.4. The van der Waals surface area contributed by atoms with E-state index in [4.69, 9.17) is 9.47 Å². The van der Waals surface area contributed by atoms with Crippen LogP contribution < -0.4 is 15.1 Å². The van der Waals surface area contributed by atoms with Crippen molar-refractivity contribution in [2.24, 2.45) is 5.10 Å². The van der Waals surface area contributed by atoms with Gasteiger partial charge in [-0.2, -0.15) is 9.49 Å². The molecule has 0 saturated heterocycles. The molecule has 0 unspecified atom stereocenters. The van der Waals surface area contributed by atoms with Crippen molar-refractivity contribution in [2.45, 2.75) is 33.6 Å². The summed E-state index contributed by atoms with van der Waals surface area (Å²) in [6.45, 7) is 7.93. The molecule has 8 heteroatoms. The van der Waals surface area contributed by atoms with Crippen LogP contribution >= 0.6 is 0 Å². The van der Waals surface area contributed by atoms with Gasteiger partial charge in [0.15, 0.2) is 17.4 Å². The highest BCUT2D eigenvalue weighted by atomic mass is 19.1. The number of hydrazone groups is 1. The van der Waals surface area contributed by atoms with Crippen LogP contribution in [0.5, 0.6) is 5.75 Å². The molecular weight excluding hydrogens is 409 g/mol. The zero-order valence-electron chi connectivity index (χ0n) is 19.2. The van der Waals surface area contributed by atoms with Crippen LogP contribution in [0.2, 0.25) is 0 Å². The number of para-hydroxylation sites is 1. The topological polar surface area (TPSA) is 74.8 Å². The van der Waals surface area contributed by atoms with Crippen molar-refractivity contribution in [2.75, 3.05) is 43.7 Å². The number of aromatic nitrogens is 2. The fourth-order valence-corrected chi connectivity index (χ4v) is 3.56. The van der Waals surface area contributed by atoms with E-state index in [1.54, 1.807) is 20.2 Å². The summed E-state index contributed by atoms with van der Waals surface area (Å²) < 4.78 is 26.2. The van der Waals surface area contributed by atoms with E-state index in [1.165, 1.54) is 0 Å². The number of rotatable bonds is 12. The van der Waals surface area contributed by atoms with Gasteiger partial charge in [0.2, 0.25) is 5.82 Å². The second-order valence-corrected chi connectivity index (χ2v) is 7.54. The zero-order valence-corrected chi connectivity index (χ0v) is 19.2. The number of nitrogens with zero attached hydrogens (tertiary/aromatic N) is 3. The van der Waals surface area contributed by atoms with E-state index < -0.39 is 5.82 Å². The standard InChI is InChI=1S/C24H32FN5O2/c1-5-11-30(12-6-2)24-21(25)22(32-14-13-31-4)17(3)23(28-24)29-27-16-18-15-26-20-10-8-7-9-19(18)20/h7-10,15-16,26H,5-6,11-14H2,1-4H3,(H,28,29)/b27-16+. The first kappa shape index (κ1) is 23.5. The third-order valence-electron chi connectivity index (χ3n) is 5.12. The Morgan fingerprint density at radius 3 is 2.66 bits per heavy atom. The lowest BCUT2D eigenvalue weighted by Gasteiger charge is -2.25. The summed E-state index contributed by atoms with van der Waals surface area (Å²) >= 11 is 0. The maximum Gasteiger partial charge on any atom is 0.207 e. The number of pyridine rings is 1. The number of anilines is 2. The molecule has 3 rings (SSSR count). The quantitative estimate of drug-likeness (QED) is 0.232. The molecule has 32 heavy (non-hydrogen) atoms. The monoisotopic (exact) mass is 441 g/mol. The van der Waals surface area contributed by atoms with Crippen LogP contribution in [0.3, 0.4) is 0 Å². The van der Waals surface area contributed by atoms with Crippen molar-refractivity contribution in [3.63, 3.8) is 0 Å². The summed E-state index contributed by atoms with van der Waals surface area (Å²) in [4.78, 5) is 9.76. The first-order valence-electron chi connectivity index (χ1n) is 11.0. The predicted octanol–water partition coefficient (Wildman–Crippen LogP) is 5.11. The normalized spacial score (nSPS) is 11.4. The molecule has 0 amide bonds. The van der Waals surface area contributed by atoms with Gasteiger partial charge >= 0.3 is 0 Å². The van der Waals surface area contributed by atoms with Crippen molar-refractivity contribution in [1.82, 2.24) is 9.97 Å². The van der Waals surface area contributed by atoms with Crippen LogP contribution in [0.4, 0.5) is 16.0 Å². The number of methoxy groups -OCH3 is 1. The fraction of sp³-hybridized carbons (Fsp3) is 0.417. The minimum absolute atomic E-state index is 0.175. The molecule has 3 aromatic rings. The number of hydrogen-bond acceptors (Lipinski definition) is 6. The lowest BCUT2D eigenvalue weighted by Crippen LogP contribution is -2.27. The summed E-state index contributed by atoms with van der Waals surface area (Å²) in [5.41, 5.74) is 5.54. The SMILES string of the molecule is CCCN(CCC)c1nc(N/N=C/c2c[nH]c3ccccc23)c(C)c(OCCOC)c1F. The number of H-pyrrole nitrogens is 1. The van der Waals surface area contributed by atoms with E-state index in [0.29, 0.717) is 31.1 Å². The minimum atomic E-state index is -0.452. The summed E-state index contributed by atoms with van der Waals surface area (Å²) in [7, 11) is 1.58. The number of nitrogens with one attached hydrogen (secondary N) is 2. The molecule has 172 valence electrons. The van der Waals surface area contributed by atoms with Crippen LogP contribution in [0, 0.1) is 12.7 Å². The number of benzene rings is 1. The largest absolute Gasteiger partial charge is 0.488 e. The maximum atomic E-state index is 15.4. The molecule has 1 aromatic carbocycles. The molecule has 0 aliphatic carbocycles. The van der Waals surface area contributed by atoms with Gasteiger partial charge in [-0.1, -0.05) is 32.0 Å². The zero-order chi connectivity index (χ0) is 22.9. The van der Waals surface area contributed by atoms with Gasteiger partial charge in [-0.05, 0) is 25.8 Å². The van der Waals surface area contributed by atoms with Gasteiger partial charge < -0.3 is 19.4 Å². The number of fused-ring (bicyclic) bond motifs is 1. The number of aromatic amines is 1. The van der Waals surface area contributed by atoms with Crippen LogP contribution in [-0.4, -0.2) is 49.6 Å². The number of ether oxygens (including phenoxy) is 2. The Hall–Kier alpha value is -3.13. The number of hydrogen-bond donors (Lipinski definition) is 2. The molecule has 0 aliphatic heterocycles. The lowest BCUT2D eigenvalue weighted by atomic mass is 10.2. The van der Waals surface area contributed by atoms with Gasteiger partial charge in [0.25, 0.3) is 0 Å². The van der Waals surface area contributed by atoms with Gasteiger partial charge in [-0.3, -0.25) is 5.43 Å². The fourth-order valence-electron chi connectivity index (χ4n) is 3.56. The van der Waals surface area contributed by atoms with Crippen molar-refractivity contribution < 1.29 is 13.9 Å². The van der Waals surface area contributed by atoms with Crippen molar-refractivity contribution in [3.8, 4) is 5.75 Å². The molecule has 0 radical (unpaired) electrons. The summed E-state index contributed by atoms with van der Waals surface area (Å²) in [6.07, 6.45) is 5.40. The van der Waals surface area contributed by atoms with Crippen molar-refractivity contribution >= 4 is 28.8 Å². The van der Waals surface area contributed by atoms with Crippen molar-refractivity contribution in [1.29, 1.82) is 0 Å². The highest BCUT2D eigenvalue weighted by molar-refractivity contribution is 5.99. The third kappa shape index (κ3) is 5.37. The van der Waals surface area contributed by atoms with Gasteiger partial charge in [0, 0.05) is 48.4 Å². The molecule has 2 N–H and O–H groups in total. The second kappa shape index (κ2) is 11.5. The van der Waals surface area contributed by atoms with E-state index in [0.717, 1.165) is 29.3 Å². The smallest absolute Gasteiger partial charge is 0.207 e. The Labute approximate surface area is 188 Å². The molecule has 0 atom stereocenters. The van der Waals surface area contributed by atoms with Gasteiger partial charge in [-0.25, -0.2) is 4.98 Å². The summed E-state index contributed by atoms with van der Waals surface area (Å²) in [5.74, 6) is 0.458. The average molecular weight is 442 g/mol. The third-order valence-corrected chi connectivity index (χ3v) is 5.12. The van der Waals surface area contributed by atoms with Crippen LogP contribution in [0.25, 0.3) is 10.9 Å². The Bertz CT molecular complexity index is 1040. The van der Waals surface area contributed by atoms with Gasteiger partial charge in [-0.15, -0.1) is 0 Å². The molecule has 2 heterocycles. The summed E-state index contributed by atoms with van der Waals surface area (Å²) in [6, 6.07) is 8.01. The molecule has 0 bridgehead atoms. The lowest BCUT2D eigenvalue weighted by molar-refractivity contribution is 0.143. The van der Waals surface area contributed by atoms with E-state index in [9.17, 15) is 0 Å². The Balaban J connectivity index is 1.93. The molecule has 0 aliphatic rings. The van der Waals surface area contributed by atoms with Crippen molar-refractivity contribution in [3.05, 3.63) is 47.4 Å². The van der Waals surface area contributed by atoms with Crippen LogP contribution in [0.1, 0.15) is 37.8 Å². The Morgan fingerprint density at radius 1 is 1.19 bits per heavy atom. The predicted molar refractivity (Wildman–Crippen MR) is 129 cm³/mol. The van der Waals surface area contributed by atoms with Crippen LogP contribution in [-0.2, 0) is 4.74 Å². The van der Waals surface area contributed by atoms with Gasteiger partial charge in [0.1, 0.15) is 6.61 Å². The van der Waals surface area contributed by atoms with E-state index in [1.807, 2.05) is 35.4 Å². The van der Waals surface area contributed by atoms with Crippen LogP contribution in [0.15, 0.2) is 35.6 Å². The Morgan fingerprint density at radius 2 is 1.94 bits per heavy atom. The number of halogens is 1. The highest BCUT2D eigenvalue weighted by Gasteiger charge is 2.22. The highest BCUT2D eigenvalue weighted by Crippen LogP contribution is 2.34.